The molecule has 1 aromatic rings. The molecule has 0 radical (unpaired) electrons. The van der Waals surface area contributed by atoms with Gasteiger partial charge in [-0.2, -0.15) is 0 Å². The molecule has 0 atom stereocenters. The van der Waals surface area contributed by atoms with Crippen LogP contribution in [-0.2, 0) is 11.3 Å². The molecule has 0 amide bonds. The van der Waals surface area contributed by atoms with Crippen LogP contribution in [0.2, 0.25) is 0 Å². The molecule has 0 unspecified atom stereocenters. The first-order valence-corrected chi connectivity index (χ1v) is 5.31. The number of ether oxygens (including phenoxy) is 1. The van der Waals surface area contributed by atoms with Gasteiger partial charge in [-0.25, -0.2) is 4.39 Å². The fourth-order valence-electron chi connectivity index (χ4n) is 0.965. The van der Waals surface area contributed by atoms with Gasteiger partial charge >= 0.3 is 0 Å². The number of benzene rings is 1. The minimum Gasteiger partial charge on any atom is -0.554 e. The third kappa shape index (κ3) is 5.67. The summed E-state index contributed by atoms with van der Waals surface area (Å²) in [6, 6.07) is 5.67. The summed E-state index contributed by atoms with van der Waals surface area (Å²) in [7, 11) is 0. The fraction of sp³-hybridized carbons (Fsp3) is 0.300. The number of halogens is 2. The lowest BCUT2D eigenvalue weighted by Crippen LogP contribution is -2.47. The van der Waals surface area contributed by atoms with E-state index in [2.05, 4.69) is 21.7 Å². The Kier molecular flexibility index (Phi) is 8.46. The fourth-order valence-corrected chi connectivity index (χ4v) is 1.51. The number of rotatable bonds is 4. The molecule has 0 aliphatic carbocycles. The summed E-state index contributed by atoms with van der Waals surface area (Å²) >= 11 is 3.34. The van der Waals surface area contributed by atoms with E-state index in [1.165, 1.54) is 0 Å². The number of carbonyl (C=O) groups excluding carboxylic acids is 1. The van der Waals surface area contributed by atoms with Gasteiger partial charge in [0, 0.05) is 12.0 Å². The van der Waals surface area contributed by atoms with E-state index in [-0.39, 0.29) is 6.61 Å². The van der Waals surface area contributed by atoms with E-state index in [4.69, 9.17) is 14.6 Å². The summed E-state index contributed by atoms with van der Waals surface area (Å²) in [5.74, 6) is 0.676. The van der Waals surface area contributed by atoms with Crippen LogP contribution in [0.5, 0.6) is 5.75 Å². The van der Waals surface area contributed by atoms with Crippen molar-refractivity contribution >= 4 is 22.4 Å². The van der Waals surface area contributed by atoms with E-state index in [0.717, 1.165) is 16.6 Å². The Labute approximate surface area is 101 Å². The first-order valence-electron chi connectivity index (χ1n) is 4.51. The minimum absolute atomic E-state index is 0.0995. The molecule has 3 N–H and O–H groups in total. The van der Waals surface area contributed by atoms with Crippen molar-refractivity contribution in [1.82, 2.24) is 0 Å². The van der Waals surface area contributed by atoms with Crippen LogP contribution in [0.3, 0.4) is 0 Å². The van der Waals surface area contributed by atoms with Crippen LogP contribution in [0.4, 0.5) is 4.39 Å². The van der Waals surface area contributed by atoms with Gasteiger partial charge in [-0.3, -0.25) is 0 Å². The van der Waals surface area contributed by atoms with E-state index in [9.17, 15) is 4.39 Å². The highest BCUT2D eigenvalue weighted by Gasteiger charge is 2.02. The van der Waals surface area contributed by atoms with E-state index >= 15 is 0 Å². The van der Waals surface area contributed by atoms with Crippen LogP contribution < -0.4 is 15.6 Å². The Morgan fingerprint density at radius 1 is 1.56 bits per heavy atom. The molecule has 0 fully saturated rings. The molecule has 0 bridgehead atoms. The largest absolute Gasteiger partial charge is 0.554 e. The highest BCUT2D eigenvalue weighted by atomic mass is 79.9. The van der Waals surface area contributed by atoms with Crippen LogP contribution in [0, 0.1) is 0 Å². The number of hydrogen-bond acceptors (Lipinski definition) is 3. The van der Waals surface area contributed by atoms with Crippen molar-refractivity contribution in [2.45, 2.75) is 6.54 Å². The quantitative estimate of drug-likeness (QED) is 0.788. The van der Waals surface area contributed by atoms with Crippen molar-refractivity contribution in [3.05, 3.63) is 28.2 Å². The average molecular weight is 294 g/mol. The molecule has 0 aromatic heterocycles. The molecule has 1 aromatic carbocycles. The van der Waals surface area contributed by atoms with Crippen LogP contribution in [0.1, 0.15) is 5.56 Å². The molecule has 16 heavy (non-hydrogen) atoms. The Hall–Kier alpha value is -1.14. The molecule has 0 spiro atoms. The highest BCUT2D eigenvalue weighted by molar-refractivity contribution is 9.10. The minimum atomic E-state index is -0.500. The van der Waals surface area contributed by atoms with Crippen molar-refractivity contribution < 1.29 is 24.8 Å². The lowest BCUT2D eigenvalue weighted by molar-refractivity contribution is -0.386. The van der Waals surface area contributed by atoms with Crippen molar-refractivity contribution in [1.29, 1.82) is 0 Å². The first-order chi connectivity index (χ1) is 7.69. The SMILES string of the molecule is O=C[O-].[NH3+]Cc1ccc(OCCF)c(Br)c1. The molecular formula is C10H13BrFNO3. The van der Waals surface area contributed by atoms with Gasteiger partial charge in [0.25, 0.3) is 0 Å². The second-order valence-corrected chi connectivity index (χ2v) is 3.50. The number of quaternary nitrogens is 1. The van der Waals surface area contributed by atoms with E-state index in [1.54, 1.807) is 0 Å². The van der Waals surface area contributed by atoms with Gasteiger partial charge < -0.3 is 20.4 Å². The predicted molar refractivity (Wildman–Crippen MR) is 58.3 cm³/mol. The molecule has 90 valence electrons. The molecule has 4 nitrogen and oxygen atoms in total. The zero-order valence-electron chi connectivity index (χ0n) is 8.62. The van der Waals surface area contributed by atoms with Gasteiger partial charge in [0.1, 0.15) is 19.0 Å². The number of carbonyl (C=O) groups is 1. The lowest BCUT2D eigenvalue weighted by atomic mass is 10.2. The molecule has 1 rings (SSSR count). The predicted octanol–water partition coefficient (Wildman–Crippen LogP) is -0.0946. The van der Waals surface area contributed by atoms with Crippen molar-refractivity contribution in [3.8, 4) is 5.75 Å². The van der Waals surface area contributed by atoms with E-state index < -0.39 is 13.1 Å². The standard InChI is InChI=1S/C9H11BrFNO.CH2O2/c10-8-5-7(6-12)1-2-9(8)13-4-3-11;2-1-3/h1-2,5H,3-4,6,12H2;1H,(H,2,3). The normalized spacial score (nSPS) is 8.94. The van der Waals surface area contributed by atoms with Crippen LogP contribution in [0.15, 0.2) is 22.7 Å². The van der Waals surface area contributed by atoms with Gasteiger partial charge in [0.15, 0.2) is 0 Å². The van der Waals surface area contributed by atoms with Gasteiger partial charge in [0.05, 0.1) is 11.0 Å². The van der Waals surface area contributed by atoms with Crippen LogP contribution in [-0.4, -0.2) is 19.8 Å². The summed E-state index contributed by atoms with van der Waals surface area (Å²) in [6.07, 6.45) is 0. The molecule has 0 aliphatic rings. The second kappa shape index (κ2) is 9.11. The van der Waals surface area contributed by atoms with Crippen molar-refractivity contribution in [2.24, 2.45) is 0 Å². The first kappa shape index (κ1) is 14.9. The van der Waals surface area contributed by atoms with Crippen LogP contribution >= 0.6 is 15.9 Å². The summed E-state index contributed by atoms with van der Waals surface area (Å²) < 4.78 is 17.8. The molecule has 0 saturated carbocycles. The van der Waals surface area contributed by atoms with Crippen molar-refractivity contribution in [2.75, 3.05) is 13.3 Å². The van der Waals surface area contributed by atoms with Gasteiger partial charge in [0.2, 0.25) is 0 Å². The van der Waals surface area contributed by atoms with E-state index in [1.807, 2.05) is 18.2 Å². The molecule has 0 heterocycles. The average Bonchev–Trinajstić information content (AvgIpc) is 2.28. The summed E-state index contributed by atoms with van der Waals surface area (Å²) in [4.78, 5) is 8.25. The highest BCUT2D eigenvalue weighted by Crippen LogP contribution is 2.25. The monoisotopic (exact) mass is 293 g/mol. The number of hydrogen-bond donors (Lipinski definition) is 1. The number of alkyl halides is 1. The Morgan fingerprint density at radius 3 is 2.62 bits per heavy atom. The molecular weight excluding hydrogens is 281 g/mol. The summed E-state index contributed by atoms with van der Waals surface area (Å²) in [5.41, 5.74) is 4.89. The van der Waals surface area contributed by atoms with Gasteiger partial charge in [-0.15, -0.1) is 0 Å². The second-order valence-electron chi connectivity index (χ2n) is 2.65. The Bertz CT molecular complexity index is 323. The third-order valence-corrected chi connectivity index (χ3v) is 2.24. The zero-order valence-corrected chi connectivity index (χ0v) is 10.2. The van der Waals surface area contributed by atoms with Gasteiger partial charge in [-0.05, 0) is 34.1 Å². The zero-order chi connectivity index (χ0) is 12.4. The Balaban J connectivity index is 0.000000673. The molecule has 0 saturated heterocycles. The van der Waals surface area contributed by atoms with Crippen LogP contribution in [0.25, 0.3) is 0 Å². The smallest absolute Gasteiger partial charge is 0.133 e. The maximum Gasteiger partial charge on any atom is 0.133 e. The molecule has 0 aliphatic heterocycles. The van der Waals surface area contributed by atoms with E-state index in [0.29, 0.717) is 5.75 Å². The third-order valence-electron chi connectivity index (χ3n) is 1.62. The Morgan fingerprint density at radius 2 is 2.19 bits per heavy atom. The maximum atomic E-state index is 11.8. The van der Waals surface area contributed by atoms with Crippen molar-refractivity contribution in [3.63, 3.8) is 0 Å². The number of carboxylic acid groups (broad SMARTS) is 1. The lowest BCUT2D eigenvalue weighted by Gasteiger charge is -2.06. The summed E-state index contributed by atoms with van der Waals surface area (Å²) in [5, 5.41) is 8.25. The summed E-state index contributed by atoms with van der Waals surface area (Å²) in [6.45, 7) is -0.131. The molecule has 6 heteroatoms. The van der Waals surface area contributed by atoms with Gasteiger partial charge in [-0.1, -0.05) is 0 Å². The maximum absolute atomic E-state index is 11.8. The topological polar surface area (TPSA) is 77.0 Å².